The number of aryl methyl sites for hydroxylation is 4. The molecule has 10 heteroatoms. The number of amides is 1. The monoisotopic (exact) mass is 487 g/mol. The minimum Gasteiger partial charge on any atom is -0.441 e. The Kier molecular flexibility index (Phi) is 6.43. The number of hydrogen-bond donors (Lipinski definition) is 3. The summed E-state index contributed by atoms with van der Waals surface area (Å²) in [5, 5.41) is 14.0. The van der Waals surface area contributed by atoms with Crippen LogP contribution in [0.15, 0.2) is 53.2 Å². The number of fused-ring (bicyclic) bond motifs is 2. The molecule has 0 aliphatic carbocycles. The number of aliphatic hydroxyl groups excluding tert-OH is 1. The van der Waals surface area contributed by atoms with Crippen molar-refractivity contribution in [2.24, 2.45) is 5.73 Å². The van der Waals surface area contributed by atoms with Crippen LogP contribution in [-0.4, -0.2) is 35.1 Å². The van der Waals surface area contributed by atoms with Gasteiger partial charge in [0.05, 0.1) is 34.1 Å². The third-order valence-corrected chi connectivity index (χ3v) is 6.27. The van der Waals surface area contributed by atoms with E-state index < -0.39 is 12.1 Å². The summed E-state index contributed by atoms with van der Waals surface area (Å²) in [5.74, 6) is 0.828. The van der Waals surface area contributed by atoms with E-state index in [2.05, 4.69) is 30.9 Å². The Bertz CT molecular complexity index is 1530. The fourth-order valence-corrected chi connectivity index (χ4v) is 4.50. The van der Waals surface area contributed by atoms with Crippen molar-refractivity contribution in [1.82, 2.24) is 24.1 Å². The number of aliphatic hydroxyl groups is 1. The molecule has 3 aromatic heterocycles. The molecule has 186 valence electrons. The van der Waals surface area contributed by atoms with Crippen molar-refractivity contribution in [1.29, 1.82) is 0 Å². The van der Waals surface area contributed by atoms with Crippen LogP contribution in [0.5, 0.6) is 0 Å². The average Bonchev–Trinajstić information content (AvgIpc) is 3.56. The van der Waals surface area contributed by atoms with Crippen LogP contribution < -0.4 is 11.1 Å². The number of nitrogens with one attached hydrogen (secondary N) is 1. The van der Waals surface area contributed by atoms with Crippen molar-refractivity contribution < 1.29 is 14.3 Å². The number of aromatic nitrogens is 5. The lowest BCUT2D eigenvalue weighted by molar-refractivity contribution is 0.100. The quantitative estimate of drug-likeness (QED) is 0.200. The average molecular weight is 488 g/mol. The van der Waals surface area contributed by atoms with Crippen LogP contribution in [0.1, 0.15) is 53.7 Å². The number of hydrogen-bond acceptors (Lipinski definition) is 7. The normalized spacial score (nSPS) is 12.4. The maximum Gasteiger partial charge on any atom is 0.248 e. The topological polar surface area (TPSA) is 137 Å². The molecule has 5 rings (SSSR count). The van der Waals surface area contributed by atoms with Crippen LogP contribution >= 0.6 is 0 Å². The molecule has 1 unspecified atom stereocenters. The number of nitrogens with zero attached hydrogens (tertiary/aromatic N) is 5. The number of oxazole rings is 1. The van der Waals surface area contributed by atoms with Gasteiger partial charge in [-0.15, -0.1) is 0 Å². The minimum atomic E-state index is -1.12. The van der Waals surface area contributed by atoms with Crippen molar-refractivity contribution >= 4 is 33.9 Å². The number of carbonyl (C=O) groups excluding carboxylic acids is 1. The number of anilines is 1. The summed E-state index contributed by atoms with van der Waals surface area (Å²) in [5.41, 5.74) is 10.1. The molecule has 5 aromatic rings. The first-order chi connectivity index (χ1) is 17.4. The number of para-hydroxylation sites is 2. The van der Waals surface area contributed by atoms with Gasteiger partial charge in [-0.25, -0.2) is 15.0 Å². The van der Waals surface area contributed by atoms with E-state index in [0.717, 1.165) is 35.9 Å². The van der Waals surface area contributed by atoms with Crippen LogP contribution in [0.3, 0.4) is 0 Å². The molecule has 3 heterocycles. The molecule has 0 bridgehead atoms. The summed E-state index contributed by atoms with van der Waals surface area (Å²) < 4.78 is 9.81. The Morgan fingerprint density at radius 2 is 1.92 bits per heavy atom. The third kappa shape index (κ3) is 4.55. The first kappa shape index (κ1) is 23.6. The summed E-state index contributed by atoms with van der Waals surface area (Å²) >= 11 is 0. The number of benzene rings is 2. The number of primary amides is 1. The zero-order valence-electron chi connectivity index (χ0n) is 20.3. The Hall–Kier alpha value is -4.18. The van der Waals surface area contributed by atoms with Gasteiger partial charge in [0.1, 0.15) is 0 Å². The second-order valence-corrected chi connectivity index (χ2v) is 8.73. The summed E-state index contributed by atoms with van der Waals surface area (Å²) in [6, 6.07) is 13.3. The summed E-state index contributed by atoms with van der Waals surface area (Å²) in [7, 11) is 0. The molecule has 4 N–H and O–H groups in total. The van der Waals surface area contributed by atoms with Crippen molar-refractivity contribution in [2.45, 2.75) is 52.4 Å². The number of unbranched alkanes of at least 4 members (excludes halogenated alkanes) is 1. The van der Waals surface area contributed by atoms with Gasteiger partial charge < -0.3 is 29.7 Å². The third-order valence-electron chi connectivity index (χ3n) is 6.27. The summed E-state index contributed by atoms with van der Waals surface area (Å²) in [6.07, 6.45) is 3.17. The molecule has 1 atom stereocenters. The molecule has 0 radical (unpaired) electrons. The van der Waals surface area contributed by atoms with E-state index >= 15 is 0 Å². The minimum absolute atomic E-state index is 0.374. The first-order valence-corrected chi connectivity index (χ1v) is 12.1. The Balaban J connectivity index is 1.38. The summed E-state index contributed by atoms with van der Waals surface area (Å²) in [4.78, 5) is 25.2. The van der Waals surface area contributed by atoms with E-state index in [9.17, 15) is 9.90 Å². The van der Waals surface area contributed by atoms with E-state index in [1.807, 2.05) is 42.1 Å². The highest BCUT2D eigenvalue weighted by Crippen LogP contribution is 2.27. The van der Waals surface area contributed by atoms with Crippen LogP contribution in [0.25, 0.3) is 22.1 Å². The molecule has 1 amide bonds. The van der Waals surface area contributed by atoms with Crippen LogP contribution in [0.4, 0.5) is 5.95 Å². The maximum absolute atomic E-state index is 11.7. The van der Waals surface area contributed by atoms with Gasteiger partial charge in [0.2, 0.25) is 11.9 Å². The molecule has 0 aliphatic rings. The molecule has 36 heavy (non-hydrogen) atoms. The first-order valence-electron chi connectivity index (χ1n) is 12.1. The van der Waals surface area contributed by atoms with Crippen LogP contribution in [-0.2, 0) is 19.5 Å². The van der Waals surface area contributed by atoms with Gasteiger partial charge in [0.15, 0.2) is 17.9 Å². The van der Waals surface area contributed by atoms with Crippen molar-refractivity contribution in [2.75, 3.05) is 5.32 Å². The molecular formula is C26H29N7O3. The molecular weight excluding hydrogens is 458 g/mol. The largest absolute Gasteiger partial charge is 0.441 e. The standard InChI is InChI=1S/C26H29N7O3/c1-3-18-23(36-16(2)29-18)25(35)31-26-30-20-14-17(24(27)34)10-11-22(20)33(26)13-7-6-12-32-15-28-19-8-4-5-9-21(19)32/h4-5,8-11,14-15,25,35H,3,6-7,12-13H2,1-2H3,(H2,27,34)(H,30,31). The second-order valence-electron chi connectivity index (χ2n) is 8.73. The summed E-state index contributed by atoms with van der Waals surface area (Å²) in [6.45, 7) is 5.20. The molecule has 0 fully saturated rings. The molecule has 0 saturated carbocycles. The highest BCUT2D eigenvalue weighted by Gasteiger charge is 2.21. The molecule has 0 spiro atoms. The highest BCUT2D eigenvalue weighted by atomic mass is 16.4. The number of nitrogens with two attached hydrogens (primary N) is 1. The Morgan fingerprint density at radius 1 is 1.11 bits per heavy atom. The smallest absolute Gasteiger partial charge is 0.248 e. The SMILES string of the molecule is CCc1nc(C)oc1C(O)Nc1nc2cc(C(N)=O)ccc2n1CCCCn1cnc2ccccc21. The lowest BCUT2D eigenvalue weighted by Gasteiger charge is -2.15. The fourth-order valence-electron chi connectivity index (χ4n) is 4.50. The van der Waals surface area contributed by atoms with E-state index in [4.69, 9.17) is 10.2 Å². The molecule has 10 nitrogen and oxygen atoms in total. The molecule has 0 aliphatic heterocycles. The van der Waals surface area contributed by atoms with Crippen LogP contribution in [0, 0.1) is 6.92 Å². The van der Waals surface area contributed by atoms with Crippen molar-refractivity contribution in [3.05, 3.63) is 71.7 Å². The van der Waals surface area contributed by atoms with Gasteiger partial charge in [0.25, 0.3) is 0 Å². The molecule has 2 aromatic carbocycles. The van der Waals surface area contributed by atoms with E-state index in [1.165, 1.54) is 0 Å². The van der Waals surface area contributed by atoms with E-state index in [0.29, 0.717) is 47.3 Å². The molecule has 0 saturated heterocycles. The van der Waals surface area contributed by atoms with Gasteiger partial charge in [-0.3, -0.25) is 4.79 Å². The van der Waals surface area contributed by atoms with Crippen molar-refractivity contribution in [3.8, 4) is 0 Å². The second kappa shape index (κ2) is 9.82. The highest BCUT2D eigenvalue weighted by molar-refractivity contribution is 5.96. The van der Waals surface area contributed by atoms with E-state index in [-0.39, 0.29) is 0 Å². The van der Waals surface area contributed by atoms with Gasteiger partial charge in [-0.1, -0.05) is 19.1 Å². The van der Waals surface area contributed by atoms with Gasteiger partial charge in [-0.05, 0) is 49.6 Å². The van der Waals surface area contributed by atoms with E-state index in [1.54, 1.807) is 19.1 Å². The predicted octanol–water partition coefficient (Wildman–Crippen LogP) is 3.93. The van der Waals surface area contributed by atoms with Gasteiger partial charge >= 0.3 is 0 Å². The zero-order valence-corrected chi connectivity index (χ0v) is 20.3. The Morgan fingerprint density at radius 3 is 2.72 bits per heavy atom. The zero-order chi connectivity index (χ0) is 25.2. The Labute approximate surface area is 207 Å². The van der Waals surface area contributed by atoms with Crippen LogP contribution in [0.2, 0.25) is 0 Å². The van der Waals surface area contributed by atoms with Gasteiger partial charge in [-0.2, -0.15) is 0 Å². The van der Waals surface area contributed by atoms with Crippen molar-refractivity contribution in [3.63, 3.8) is 0 Å². The number of imidazole rings is 2. The maximum atomic E-state index is 11.7. The van der Waals surface area contributed by atoms with Gasteiger partial charge in [0, 0.05) is 25.6 Å². The number of carbonyl (C=O) groups is 1. The fraction of sp³-hybridized carbons (Fsp3) is 0.308. The predicted molar refractivity (Wildman–Crippen MR) is 136 cm³/mol. The number of rotatable bonds is 10. The lowest BCUT2D eigenvalue weighted by Crippen LogP contribution is -2.15. The lowest BCUT2D eigenvalue weighted by atomic mass is 10.2.